The maximum absolute atomic E-state index is 2.43. The molecular formula is C24H30. The van der Waals surface area contributed by atoms with Crippen LogP contribution in [-0.2, 0) is 10.8 Å². The van der Waals surface area contributed by atoms with E-state index in [1.807, 2.05) is 0 Å². The van der Waals surface area contributed by atoms with E-state index in [0.29, 0.717) is 5.92 Å². The molecule has 0 heterocycles. The lowest BCUT2D eigenvalue weighted by atomic mass is 9.77. The van der Waals surface area contributed by atoms with Crippen LogP contribution in [0.4, 0.5) is 0 Å². The summed E-state index contributed by atoms with van der Waals surface area (Å²) in [5.74, 6) is 0.473. The first-order valence-electron chi connectivity index (χ1n) is 9.08. The number of fused-ring (bicyclic) bond motifs is 1. The topological polar surface area (TPSA) is 0 Å². The van der Waals surface area contributed by atoms with Gasteiger partial charge in [0.05, 0.1) is 0 Å². The Bertz CT molecular complexity index is 746. The van der Waals surface area contributed by atoms with E-state index < -0.39 is 0 Å². The monoisotopic (exact) mass is 318 g/mol. The lowest BCUT2D eigenvalue weighted by Crippen LogP contribution is -2.14. The van der Waals surface area contributed by atoms with Crippen molar-refractivity contribution in [1.29, 1.82) is 0 Å². The van der Waals surface area contributed by atoms with Gasteiger partial charge in [-0.3, -0.25) is 0 Å². The van der Waals surface area contributed by atoms with Crippen LogP contribution < -0.4 is 0 Å². The van der Waals surface area contributed by atoms with E-state index >= 15 is 0 Å². The van der Waals surface area contributed by atoms with Gasteiger partial charge in [-0.05, 0) is 45.1 Å². The Hall–Kier alpha value is -1.82. The van der Waals surface area contributed by atoms with Crippen molar-refractivity contribution in [1.82, 2.24) is 0 Å². The first kappa shape index (κ1) is 17.0. The highest BCUT2D eigenvalue weighted by atomic mass is 14.3. The van der Waals surface area contributed by atoms with Crippen LogP contribution in [0.1, 0.15) is 81.7 Å². The minimum absolute atomic E-state index is 0.191. The summed E-state index contributed by atoms with van der Waals surface area (Å²) in [6.45, 7) is 13.7. The highest BCUT2D eigenvalue weighted by molar-refractivity contribution is 5.61. The molecule has 0 saturated heterocycles. The standard InChI is InChI=1S/C24H30/c1-23(2,3)19-13-10-18(11-14-19)21-9-7-8-17-12-15-20(16-22(17)21)24(4,5)6/h7-8,10-16,21H,9H2,1-6H3. The van der Waals surface area contributed by atoms with Gasteiger partial charge in [0.15, 0.2) is 0 Å². The molecule has 0 fully saturated rings. The zero-order valence-corrected chi connectivity index (χ0v) is 16.0. The number of hydrogen-bond acceptors (Lipinski definition) is 0. The molecule has 0 saturated carbocycles. The zero-order chi connectivity index (χ0) is 17.5. The van der Waals surface area contributed by atoms with Crippen LogP contribution in [0, 0.1) is 0 Å². The van der Waals surface area contributed by atoms with Crippen molar-refractivity contribution < 1.29 is 0 Å². The molecule has 2 aromatic rings. The highest BCUT2D eigenvalue weighted by Crippen LogP contribution is 2.38. The molecule has 1 atom stereocenters. The first-order valence-corrected chi connectivity index (χ1v) is 9.08. The number of rotatable bonds is 1. The summed E-state index contributed by atoms with van der Waals surface area (Å²) in [6, 6.07) is 16.3. The van der Waals surface area contributed by atoms with Crippen molar-refractivity contribution >= 4 is 6.08 Å². The van der Waals surface area contributed by atoms with Crippen LogP contribution in [0.15, 0.2) is 48.5 Å². The third kappa shape index (κ3) is 3.34. The van der Waals surface area contributed by atoms with E-state index in [0.717, 1.165) is 6.42 Å². The van der Waals surface area contributed by atoms with Gasteiger partial charge in [0, 0.05) is 5.92 Å². The molecule has 1 aliphatic carbocycles. The second kappa shape index (κ2) is 5.92. The summed E-state index contributed by atoms with van der Waals surface area (Å²) >= 11 is 0. The predicted octanol–water partition coefficient (Wildman–Crippen LogP) is 6.83. The molecule has 0 spiro atoms. The quantitative estimate of drug-likeness (QED) is 0.540. The second-order valence-electron chi connectivity index (χ2n) is 9.16. The van der Waals surface area contributed by atoms with E-state index in [2.05, 4.69) is 96.2 Å². The Balaban J connectivity index is 2.01. The molecule has 24 heavy (non-hydrogen) atoms. The Morgan fingerprint density at radius 2 is 1.33 bits per heavy atom. The largest absolute Gasteiger partial charge is 0.0830 e. The molecule has 3 rings (SSSR count). The molecule has 0 heteroatoms. The molecule has 0 aromatic heterocycles. The van der Waals surface area contributed by atoms with E-state index in [4.69, 9.17) is 0 Å². The van der Waals surface area contributed by atoms with Crippen molar-refractivity contribution in [3.8, 4) is 0 Å². The van der Waals surface area contributed by atoms with E-state index in [1.165, 1.54) is 27.8 Å². The van der Waals surface area contributed by atoms with Crippen LogP contribution in [0.3, 0.4) is 0 Å². The van der Waals surface area contributed by atoms with Crippen LogP contribution in [0.5, 0.6) is 0 Å². The maximum atomic E-state index is 2.43. The zero-order valence-electron chi connectivity index (χ0n) is 16.0. The second-order valence-corrected chi connectivity index (χ2v) is 9.16. The van der Waals surface area contributed by atoms with Gasteiger partial charge in [-0.2, -0.15) is 0 Å². The van der Waals surface area contributed by atoms with Crippen molar-refractivity contribution in [2.45, 2.75) is 64.7 Å². The molecular weight excluding hydrogens is 288 g/mol. The lowest BCUT2D eigenvalue weighted by molar-refractivity contribution is 0.587. The van der Waals surface area contributed by atoms with Gasteiger partial charge in [-0.1, -0.05) is 96.2 Å². The fourth-order valence-electron chi connectivity index (χ4n) is 3.48. The smallest absolute Gasteiger partial charge is 0.0130 e. The van der Waals surface area contributed by atoms with Crippen molar-refractivity contribution in [3.05, 3.63) is 76.4 Å². The Morgan fingerprint density at radius 1 is 0.750 bits per heavy atom. The first-order chi connectivity index (χ1) is 11.2. The van der Waals surface area contributed by atoms with Gasteiger partial charge in [0.1, 0.15) is 0 Å². The molecule has 0 aliphatic heterocycles. The molecule has 0 bridgehead atoms. The van der Waals surface area contributed by atoms with E-state index in [-0.39, 0.29) is 10.8 Å². The highest BCUT2D eigenvalue weighted by Gasteiger charge is 2.23. The van der Waals surface area contributed by atoms with Gasteiger partial charge in [-0.15, -0.1) is 0 Å². The molecule has 0 nitrogen and oxygen atoms in total. The molecule has 0 N–H and O–H groups in total. The van der Waals surface area contributed by atoms with Gasteiger partial charge < -0.3 is 0 Å². The van der Waals surface area contributed by atoms with E-state index in [1.54, 1.807) is 0 Å². The Labute approximate surface area is 147 Å². The third-order valence-corrected chi connectivity index (χ3v) is 5.18. The van der Waals surface area contributed by atoms with Crippen molar-refractivity contribution in [2.75, 3.05) is 0 Å². The maximum Gasteiger partial charge on any atom is 0.0130 e. The van der Waals surface area contributed by atoms with Gasteiger partial charge >= 0.3 is 0 Å². The molecule has 0 radical (unpaired) electrons. The summed E-state index contributed by atoms with van der Waals surface area (Å²) in [5.41, 5.74) is 7.51. The van der Waals surface area contributed by atoms with Gasteiger partial charge in [0.25, 0.3) is 0 Å². The number of hydrogen-bond donors (Lipinski definition) is 0. The molecule has 1 unspecified atom stereocenters. The fraction of sp³-hybridized carbons (Fsp3) is 0.417. The Morgan fingerprint density at radius 3 is 1.92 bits per heavy atom. The SMILES string of the molecule is CC(C)(C)c1ccc(C2CC=Cc3ccc(C(C)(C)C)cc32)cc1. The van der Waals surface area contributed by atoms with Crippen LogP contribution in [-0.4, -0.2) is 0 Å². The fourth-order valence-corrected chi connectivity index (χ4v) is 3.48. The summed E-state index contributed by atoms with van der Waals surface area (Å²) in [5, 5.41) is 0. The summed E-state index contributed by atoms with van der Waals surface area (Å²) in [4.78, 5) is 0. The van der Waals surface area contributed by atoms with E-state index in [9.17, 15) is 0 Å². The number of allylic oxidation sites excluding steroid dienone is 1. The van der Waals surface area contributed by atoms with Crippen LogP contribution >= 0.6 is 0 Å². The predicted molar refractivity (Wildman–Crippen MR) is 106 cm³/mol. The van der Waals surface area contributed by atoms with Gasteiger partial charge in [0.2, 0.25) is 0 Å². The minimum Gasteiger partial charge on any atom is -0.0830 e. The summed E-state index contributed by atoms with van der Waals surface area (Å²) in [6.07, 6.45) is 5.69. The van der Waals surface area contributed by atoms with Crippen LogP contribution in [0.25, 0.3) is 6.08 Å². The number of benzene rings is 2. The molecule has 0 amide bonds. The minimum atomic E-state index is 0.191. The summed E-state index contributed by atoms with van der Waals surface area (Å²) < 4.78 is 0. The third-order valence-electron chi connectivity index (χ3n) is 5.18. The average molecular weight is 319 g/mol. The normalized spacial score (nSPS) is 17.7. The molecule has 2 aromatic carbocycles. The summed E-state index contributed by atoms with van der Waals surface area (Å²) in [7, 11) is 0. The van der Waals surface area contributed by atoms with Crippen molar-refractivity contribution in [3.63, 3.8) is 0 Å². The molecule has 126 valence electrons. The average Bonchev–Trinajstić information content (AvgIpc) is 2.52. The molecule has 1 aliphatic rings. The van der Waals surface area contributed by atoms with Crippen molar-refractivity contribution in [2.24, 2.45) is 0 Å². The Kier molecular flexibility index (Phi) is 4.20. The van der Waals surface area contributed by atoms with Crippen LogP contribution in [0.2, 0.25) is 0 Å². The lowest BCUT2D eigenvalue weighted by Gasteiger charge is -2.27. The van der Waals surface area contributed by atoms with Gasteiger partial charge in [-0.25, -0.2) is 0 Å².